The van der Waals surface area contributed by atoms with Gasteiger partial charge in [-0.15, -0.1) is 0 Å². The number of rotatable bonds is 1. The van der Waals surface area contributed by atoms with Gasteiger partial charge >= 0.3 is 0 Å². The molecule has 0 heterocycles. The lowest BCUT2D eigenvalue weighted by molar-refractivity contribution is -0.127. The Kier molecular flexibility index (Phi) is 1.99. The van der Waals surface area contributed by atoms with Crippen LogP contribution in [-0.2, 0) is 9.53 Å². The smallest absolute Gasteiger partial charge is 0.136 e. The molecule has 0 aromatic heterocycles. The molecule has 0 N–H and O–H groups in total. The summed E-state index contributed by atoms with van der Waals surface area (Å²) in [5.74, 6) is 1.78. The van der Waals surface area contributed by atoms with Crippen LogP contribution in [0.15, 0.2) is 0 Å². The summed E-state index contributed by atoms with van der Waals surface area (Å²) < 4.78 is 5.56. The van der Waals surface area contributed by atoms with E-state index in [1.165, 1.54) is 6.42 Å². The number of methoxy groups -OCH3 is 1. The lowest BCUT2D eigenvalue weighted by Gasteiger charge is -2.29. The Hall–Kier alpha value is -0.370. The zero-order valence-electron chi connectivity index (χ0n) is 8.67. The summed E-state index contributed by atoms with van der Waals surface area (Å²) >= 11 is 0. The van der Waals surface area contributed by atoms with Gasteiger partial charge in [-0.1, -0.05) is 6.92 Å². The quantitative estimate of drug-likeness (QED) is 0.620. The van der Waals surface area contributed by atoms with Crippen molar-refractivity contribution in [3.8, 4) is 0 Å². The molecule has 0 amide bonds. The maximum atomic E-state index is 11.6. The van der Waals surface area contributed by atoms with E-state index < -0.39 is 0 Å². The highest BCUT2D eigenvalue weighted by Gasteiger charge is 2.51. The van der Waals surface area contributed by atoms with Gasteiger partial charge in [0.05, 0.1) is 5.60 Å². The minimum atomic E-state index is -0.0227. The first-order valence-electron chi connectivity index (χ1n) is 5.14. The van der Waals surface area contributed by atoms with Crippen LogP contribution in [0, 0.1) is 17.8 Å². The second kappa shape index (κ2) is 2.81. The minimum absolute atomic E-state index is 0.0227. The van der Waals surface area contributed by atoms with E-state index in [0.29, 0.717) is 17.6 Å². The lowest BCUT2D eigenvalue weighted by Crippen LogP contribution is -2.33. The van der Waals surface area contributed by atoms with E-state index in [1.54, 1.807) is 7.11 Å². The zero-order chi connectivity index (χ0) is 9.64. The fourth-order valence-corrected chi connectivity index (χ4v) is 3.01. The van der Waals surface area contributed by atoms with Crippen molar-refractivity contribution < 1.29 is 9.53 Å². The van der Waals surface area contributed by atoms with E-state index >= 15 is 0 Å². The van der Waals surface area contributed by atoms with Crippen LogP contribution in [0.1, 0.15) is 33.1 Å². The lowest BCUT2D eigenvalue weighted by atomic mass is 9.79. The highest BCUT2D eigenvalue weighted by Crippen LogP contribution is 2.50. The van der Waals surface area contributed by atoms with Crippen LogP contribution in [-0.4, -0.2) is 18.5 Å². The first-order chi connectivity index (χ1) is 6.07. The maximum absolute atomic E-state index is 11.6. The van der Waals surface area contributed by atoms with Gasteiger partial charge in [0.25, 0.3) is 0 Å². The summed E-state index contributed by atoms with van der Waals surface area (Å²) in [5.41, 5.74) is -0.0227. The molecule has 0 unspecified atom stereocenters. The van der Waals surface area contributed by atoms with Gasteiger partial charge in [-0.3, -0.25) is 4.79 Å². The number of carbonyl (C=O) groups is 1. The molecule has 4 atom stereocenters. The van der Waals surface area contributed by atoms with Gasteiger partial charge in [0.15, 0.2) is 0 Å². The van der Waals surface area contributed by atoms with E-state index in [9.17, 15) is 4.79 Å². The summed E-state index contributed by atoms with van der Waals surface area (Å²) in [6.45, 7) is 4.23. The van der Waals surface area contributed by atoms with Crippen LogP contribution in [0.4, 0.5) is 0 Å². The number of ketones is 1. The Bertz CT molecular complexity index is 236. The van der Waals surface area contributed by atoms with E-state index in [1.807, 2.05) is 0 Å². The number of ether oxygens (including phenoxy) is 1. The second-order valence-electron chi connectivity index (χ2n) is 4.87. The van der Waals surface area contributed by atoms with Gasteiger partial charge in [0, 0.05) is 19.4 Å². The second-order valence-corrected chi connectivity index (χ2v) is 4.87. The predicted molar refractivity (Wildman–Crippen MR) is 50.4 cm³/mol. The van der Waals surface area contributed by atoms with E-state index in [2.05, 4.69) is 13.8 Å². The third-order valence-corrected chi connectivity index (χ3v) is 4.25. The molecule has 74 valence electrons. The monoisotopic (exact) mass is 182 g/mol. The van der Waals surface area contributed by atoms with Crippen molar-refractivity contribution in [2.75, 3.05) is 7.11 Å². The number of hydrogen-bond donors (Lipinski definition) is 0. The molecule has 2 aliphatic carbocycles. The number of hydrogen-bond acceptors (Lipinski definition) is 2. The molecule has 2 aliphatic rings. The van der Waals surface area contributed by atoms with Crippen molar-refractivity contribution in [1.82, 2.24) is 0 Å². The standard InChI is InChI=1S/C11H18O2/c1-7-8-4-9(5-10(7)12)11(2,6-8)13-3/h7-9H,4-6H2,1-3H3/t7-,8+,9+,11+/m1/s1. The summed E-state index contributed by atoms with van der Waals surface area (Å²) in [4.78, 5) is 11.6. The Morgan fingerprint density at radius 2 is 2.23 bits per heavy atom. The average Bonchev–Trinajstić information content (AvgIpc) is 2.39. The molecule has 2 rings (SSSR count). The summed E-state index contributed by atoms with van der Waals surface area (Å²) in [5, 5.41) is 0. The van der Waals surface area contributed by atoms with Crippen molar-refractivity contribution in [2.45, 2.75) is 38.7 Å². The topological polar surface area (TPSA) is 26.3 Å². The molecule has 2 bridgehead atoms. The summed E-state index contributed by atoms with van der Waals surface area (Å²) in [7, 11) is 1.77. The number of fused-ring (bicyclic) bond motifs is 2. The van der Waals surface area contributed by atoms with Crippen molar-refractivity contribution in [3.05, 3.63) is 0 Å². The molecule has 0 saturated heterocycles. The van der Waals surface area contributed by atoms with Crippen molar-refractivity contribution in [2.24, 2.45) is 17.8 Å². The van der Waals surface area contributed by atoms with Gasteiger partial charge < -0.3 is 4.74 Å². The fraction of sp³-hybridized carbons (Fsp3) is 0.909. The van der Waals surface area contributed by atoms with Gasteiger partial charge in [0.2, 0.25) is 0 Å². The number of carbonyl (C=O) groups excluding carboxylic acids is 1. The predicted octanol–water partition coefficient (Wildman–Crippen LogP) is 2.03. The molecule has 2 saturated carbocycles. The maximum Gasteiger partial charge on any atom is 0.136 e. The van der Waals surface area contributed by atoms with Crippen molar-refractivity contribution in [3.63, 3.8) is 0 Å². The Labute approximate surface area is 79.7 Å². The van der Waals surface area contributed by atoms with Crippen LogP contribution in [0.5, 0.6) is 0 Å². The third kappa shape index (κ3) is 1.23. The van der Waals surface area contributed by atoms with Crippen LogP contribution < -0.4 is 0 Å². The minimum Gasteiger partial charge on any atom is -0.378 e. The number of Topliss-reactive ketones (excluding diaryl/α,β-unsaturated/α-hetero) is 1. The van der Waals surface area contributed by atoms with Gasteiger partial charge in [-0.2, -0.15) is 0 Å². The molecule has 0 radical (unpaired) electrons. The molecule has 0 aliphatic heterocycles. The molecule has 0 spiro atoms. The van der Waals surface area contributed by atoms with Gasteiger partial charge in [0.1, 0.15) is 5.78 Å². The Morgan fingerprint density at radius 1 is 1.54 bits per heavy atom. The van der Waals surface area contributed by atoms with E-state index in [0.717, 1.165) is 12.8 Å². The molecule has 2 heteroatoms. The molecule has 0 aromatic carbocycles. The highest BCUT2D eigenvalue weighted by molar-refractivity contribution is 5.82. The Balaban J connectivity index is 2.23. The molecule has 13 heavy (non-hydrogen) atoms. The van der Waals surface area contributed by atoms with Crippen LogP contribution in [0.25, 0.3) is 0 Å². The largest absolute Gasteiger partial charge is 0.378 e. The van der Waals surface area contributed by atoms with Crippen LogP contribution in [0.3, 0.4) is 0 Å². The molecular formula is C11H18O2. The summed E-state index contributed by atoms with van der Waals surface area (Å²) in [6, 6.07) is 0. The van der Waals surface area contributed by atoms with Crippen molar-refractivity contribution in [1.29, 1.82) is 0 Å². The molecule has 0 aromatic rings. The summed E-state index contributed by atoms with van der Waals surface area (Å²) in [6.07, 6.45) is 3.00. The van der Waals surface area contributed by atoms with E-state index in [-0.39, 0.29) is 11.5 Å². The molecule has 2 nitrogen and oxygen atoms in total. The first-order valence-corrected chi connectivity index (χ1v) is 5.14. The first kappa shape index (κ1) is 9.20. The highest BCUT2D eigenvalue weighted by atomic mass is 16.5. The molecule has 2 fully saturated rings. The normalized spacial score (nSPS) is 49.8. The van der Waals surface area contributed by atoms with Gasteiger partial charge in [-0.25, -0.2) is 0 Å². The average molecular weight is 182 g/mol. The third-order valence-electron chi connectivity index (χ3n) is 4.25. The van der Waals surface area contributed by atoms with Crippen LogP contribution in [0.2, 0.25) is 0 Å². The SMILES string of the molecule is CO[C@@]1(C)C[C@@H]2C[C@H]1CC(=O)[C@@H]2C. The van der Waals surface area contributed by atoms with Crippen LogP contribution >= 0.6 is 0 Å². The fourth-order valence-electron chi connectivity index (χ4n) is 3.01. The zero-order valence-corrected chi connectivity index (χ0v) is 8.67. The Morgan fingerprint density at radius 3 is 2.85 bits per heavy atom. The molecular weight excluding hydrogens is 164 g/mol. The van der Waals surface area contributed by atoms with Gasteiger partial charge in [-0.05, 0) is 31.6 Å². The van der Waals surface area contributed by atoms with Crippen molar-refractivity contribution >= 4 is 5.78 Å². The van der Waals surface area contributed by atoms with E-state index in [4.69, 9.17) is 4.74 Å².